The Bertz CT molecular complexity index is 1280. The topological polar surface area (TPSA) is 115 Å². The van der Waals surface area contributed by atoms with Gasteiger partial charge in [-0.05, 0) is 128 Å². The first-order valence-corrected chi connectivity index (χ1v) is 17.6. The lowest BCUT2D eigenvalue weighted by atomic mass is 9.46. The number of ketones is 1. The molecule has 0 aromatic rings. The maximum absolute atomic E-state index is 13.4. The predicted octanol–water partition coefficient (Wildman–Crippen LogP) is 7.55. The highest BCUT2D eigenvalue weighted by Gasteiger charge is 2.59. The van der Waals surface area contributed by atoms with E-state index >= 15 is 0 Å². The molecule has 0 saturated heterocycles. The van der Waals surface area contributed by atoms with Gasteiger partial charge >= 0.3 is 18.2 Å². The summed E-state index contributed by atoms with van der Waals surface area (Å²) in [4.78, 5) is 59.0. The second-order valence-corrected chi connectivity index (χ2v) is 17.0. The zero-order valence-electron chi connectivity index (χ0n) is 30.6. The molecule has 0 radical (unpaired) electrons. The summed E-state index contributed by atoms with van der Waals surface area (Å²) in [6.07, 6.45) is 8.97. The van der Waals surface area contributed by atoms with Gasteiger partial charge in [-0.15, -0.1) is 0 Å². The molecule has 3 fully saturated rings. The van der Waals surface area contributed by atoms with Gasteiger partial charge in [0.05, 0.1) is 12.1 Å². The van der Waals surface area contributed by atoms with Crippen LogP contribution in [-0.4, -0.2) is 77.3 Å². The van der Waals surface area contributed by atoms with Crippen molar-refractivity contribution in [1.82, 2.24) is 9.80 Å². The highest BCUT2D eigenvalue weighted by molar-refractivity contribution is 5.91. The van der Waals surface area contributed by atoms with Crippen molar-refractivity contribution in [2.75, 3.05) is 26.7 Å². The van der Waals surface area contributed by atoms with Crippen molar-refractivity contribution in [3.05, 3.63) is 11.6 Å². The van der Waals surface area contributed by atoms with Gasteiger partial charge in [0, 0.05) is 39.0 Å². The molecule has 47 heavy (non-hydrogen) atoms. The van der Waals surface area contributed by atoms with E-state index in [2.05, 4.69) is 19.0 Å². The normalized spacial score (nSPS) is 30.7. The molecule has 0 aliphatic heterocycles. The number of carbonyl (C=O) groups is 4. The second-order valence-electron chi connectivity index (χ2n) is 17.0. The highest BCUT2D eigenvalue weighted by Crippen LogP contribution is 2.66. The zero-order chi connectivity index (χ0) is 34.9. The van der Waals surface area contributed by atoms with E-state index in [1.165, 1.54) is 15.4 Å². The van der Waals surface area contributed by atoms with Crippen molar-refractivity contribution in [3.63, 3.8) is 0 Å². The van der Waals surface area contributed by atoms with Gasteiger partial charge in [-0.2, -0.15) is 0 Å². The fourth-order valence-electron chi connectivity index (χ4n) is 9.09. The van der Waals surface area contributed by atoms with Crippen molar-refractivity contribution in [2.45, 2.75) is 131 Å². The number of rotatable bonds is 8. The van der Waals surface area contributed by atoms with E-state index in [1.54, 1.807) is 48.6 Å². The van der Waals surface area contributed by atoms with Crippen LogP contribution in [0.15, 0.2) is 16.8 Å². The fourth-order valence-corrected chi connectivity index (χ4v) is 9.09. The SMILES string of the molecule is C/C(=N\OC(=O)N(CCC(=O)OC(C)(C)C)CCN(C)C(=O)OC(C)(C)C)[C@H]1CC[C@H]2[C@@H]3CCC4=CC(=O)CC[C@]4(C)[C@H]3CC[C@]12C. The van der Waals surface area contributed by atoms with E-state index in [9.17, 15) is 19.2 Å². The molecule has 0 N–H and O–H groups in total. The Hall–Kier alpha value is -2.91. The molecule has 10 nitrogen and oxygen atoms in total. The van der Waals surface area contributed by atoms with Crippen LogP contribution in [0.25, 0.3) is 0 Å². The number of oxime groups is 1. The number of likely N-dealkylation sites (N-methyl/N-ethyl adjacent to an activating group) is 1. The molecule has 6 atom stereocenters. The lowest BCUT2D eigenvalue weighted by Crippen LogP contribution is -2.51. The standard InChI is InChI=1S/C37H59N3O7/c1-24(28-13-14-29-27-12-11-25-23-26(41)15-18-36(25,8)30(27)16-19-37(28,29)9)38-47-33(44)40(20-17-31(42)45-34(2,3)4)22-21-39(10)32(43)46-35(5,6)7/h23,27-30H,11-22H2,1-10H3/b38-24+/t27-,28+,29-,30-,36-,37+/m0/s1. The summed E-state index contributed by atoms with van der Waals surface area (Å²) in [6.45, 7) is 18.0. The number of hydrogen-bond acceptors (Lipinski definition) is 8. The molecule has 3 saturated carbocycles. The van der Waals surface area contributed by atoms with Gasteiger partial charge in [-0.1, -0.05) is 24.6 Å². The highest BCUT2D eigenvalue weighted by atomic mass is 16.7. The molecule has 0 heterocycles. The van der Waals surface area contributed by atoms with Crippen molar-refractivity contribution in [1.29, 1.82) is 0 Å². The fraction of sp³-hybridized carbons (Fsp3) is 0.811. The lowest BCUT2D eigenvalue weighted by molar-refractivity contribution is -0.155. The monoisotopic (exact) mass is 657 g/mol. The summed E-state index contributed by atoms with van der Waals surface area (Å²) in [5, 5.41) is 4.41. The molecular formula is C37H59N3O7. The Balaban J connectivity index is 1.42. The van der Waals surface area contributed by atoms with Crippen LogP contribution in [0.4, 0.5) is 9.59 Å². The van der Waals surface area contributed by atoms with E-state index in [1.807, 2.05) is 13.0 Å². The first-order chi connectivity index (χ1) is 21.7. The molecule has 264 valence electrons. The molecule has 0 unspecified atom stereocenters. The Labute approximate surface area is 282 Å². The number of esters is 1. The Morgan fingerprint density at radius 1 is 0.872 bits per heavy atom. The number of allylic oxidation sites excluding steroid dienone is 1. The van der Waals surface area contributed by atoms with Crippen LogP contribution < -0.4 is 0 Å². The molecule has 0 spiro atoms. The average Bonchev–Trinajstić information content (AvgIpc) is 3.31. The summed E-state index contributed by atoms with van der Waals surface area (Å²) in [7, 11) is 1.61. The smallest absolute Gasteiger partial charge is 0.436 e. The Kier molecular flexibility index (Phi) is 10.9. The number of carbonyl (C=O) groups excluding carboxylic acids is 4. The molecule has 10 heteroatoms. The summed E-state index contributed by atoms with van der Waals surface area (Å²) in [6, 6.07) is 0. The minimum Gasteiger partial charge on any atom is -0.460 e. The van der Waals surface area contributed by atoms with Gasteiger partial charge < -0.3 is 19.3 Å². The third kappa shape index (κ3) is 8.58. The quantitative estimate of drug-likeness (QED) is 0.115. The number of ether oxygens (including phenoxy) is 2. The van der Waals surface area contributed by atoms with E-state index in [0.29, 0.717) is 24.2 Å². The third-order valence-corrected chi connectivity index (χ3v) is 11.4. The van der Waals surface area contributed by atoms with Gasteiger partial charge in [0.15, 0.2) is 5.78 Å². The second kappa shape index (κ2) is 13.9. The van der Waals surface area contributed by atoms with Crippen LogP contribution in [0.2, 0.25) is 0 Å². The molecule has 4 aliphatic rings. The van der Waals surface area contributed by atoms with E-state index in [0.717, 1.165) is 50.7 Å². The maximum Gasteiger partial charge on any atom is 0.436 e. The summed E-state index contributed by atoms with van der Waals surface area (Å²) >= 11 is 0. The number of amides is 2. The zero-order valence-corrected chi connectivity index (χ0v) is 30.6. The minimum absolute atomic E-state index is 0.0138. The van der Waals surface area contributed by atoms with Gasteiger partial charge in [0.1, 0.15) is 11.2 Å². The van der Waals surface area contributed by atoms with Crippen LogP contribution in [0.5, 0.6) is 0 Å². The van der Waals surface area contributed by atoms with Crippen molar-refractivity contribution in [2.24, 2.45) is 39.7 Å². The van der Waals surface area contributed by atoms with Crippen molar-refractivity contribution >= 4 is 29.7 Å². The van der Waals surface area contributed by atoms with Gasteiger partial charge in [-0.25, -0.2) is 9.59 Å². The van der Waals surface area contributed by atoms with Crippen LogP contribution in [0.1, 0.15) is 120 Å². The van der Waals surface area contributed by atoms with Crippen LogP contribution in [0.3, 0.4) is 0 Å². The van der Waals surface area contributed by atoms with Crippen LogP contribution in [-0.2, 0) is 23.9 Å². The number of nitrogens with zero attached hydrogens (tertiary/aromatic N) is 3. The third-order valence-electron chi connectivity index (χ3n) is 11.4. The van der Waals surface area contributed by atoms with Crippen molar-refractivity contribution in [3.8, 4) is 0 Å². The largest absolute Gasteiger partial charge is 0.460 e. The molecule has 4 rings (SSSR count). The Morgan fingerprint density at radius 2 is 1.55 bits per heavy atom. The summed E-state index contributed by atoms with van der Waals surface area (Å²) in [5.74, 6) is 1.91. The molecule has 0 aromatic carbocycles. The van der Waals surface area contributed by atoms with Crippen molar-refractivity contribution < 1.29 is 33.5 Å². The molecule has 2 amide bonds. The summed E-state index contributed by atoms with van der Waals surface area (Å²) < 4.78 is 10.9. The summed E-state index contributed by atoms with van der Waals surface area (Å²) in [5.41, 5.74) is 1.13. The van der Waals surface area contributed by atoms with E-state index in [-0.39, 0.29) is 48.6 Å². The molecule has 0 bridgehead atoms. The molecular weight excluding hydrogens is 598 g/mol. The predicted molar refractivity (Wildman–Crippen MR) is 181 cm³/mol. The van der Waals surface area contributed by atoms with Gasteiger partial charge in [0.2, 0.25) is 0 Å². The van der Waals surface area contributed by atoms with Gasteiger partial charge in [-0.3, -0.25) is 14.4 Å². The average molecular weight is 658 g/mol. The Morgan fingerprint density at radius 3 is 2.21 bits per heavy atom. The molecule has 4 aliphatic carbocycles. The first-order valence-electron chi connectivity index (χ1n) is 17.6. The van der Waals surface area contributed by atoms with Crippen LogP contribution >= 0.6 is 0 Å². The minimum atomic E-state index is -0.666. The maximum atomic E-state index is 13.4. The number of fused-ring (bicyclic) bond motifs is 5. The lowest BCUT2D eigenvalue weighted by Gasteiger charge is -2.58. The van der Waals surface area contributed by atoms with Crippen LogP contribution in [0, 0.1) is 34.5 Å². The van der Waals surface area contributed by atoms with Gasteiger partial charge in [0.25, 0.3) is 0 Å². The number of hydrogen-bond donors (Lipinski definition) is 0. The molecule has 0 aromatic heterocycles. The van der Waals surface area contributed by atoms with E-state index in [4.69, 9.17) is 14.3 Å². The van der Waals surface area contributed by atoms with E-state index < -0.39 is 29.4 Å². The first kappa shape index (κ1) is 36.9.